The summed E-state index contributed by atoms with van der Waals surface area (Å²) in [4.78, 5) is 243. The van der Waals surface area contributed by atoms with Crippen molar-refractivity contribution >= 4 is 135 Å². The van der Waals surface area contributed by atoms with Crippen LogP contribution in [0.5, 0.6) is 0 Å². The molecule has 0 radical (unpaired) electrons. The van der Waals surface area contributed by atoms with Gasteiger partial charge in [-0.3, -0.25) is 86.2 Å². The van der Waals surface area contributed by atoms with Gasteiger partial charge in [-0.05, 0) is 177 Å². The molecule has 1 aliphatic rings. The number of primary amides is 1. The first-order chi connectivity index (χ1) is 63.1. The van der Waals surface area contributed by atoms with E-state index in [0.717, 1.165) is 6.92 Å². The predicted molar refractivity (Wildman–Crippen MR) is 495 cm³/mol. The Hall–Kier alpha value is -11.4. The van der Waals surface area contributed by atoms with Crippen LogP contribution in [0.4, 0.5) is 0 Å². The molecule has 1 unspecified atom stereocenters. The molecule has 2 aromatic carbocycles. The predicted octanol–water partition coefficient (Wildman–Crippen LogP) is -5.12. The zero-order valence-corrected chi connectivity index (χ0v) is 78.9. The minimum Gasteiger partial charge on any atom is -0.394 e. The number of rotatable bonds is 50. The lowest BCUT2D eigenvalue weighted by molar-refractivity contribution is -0.137. The summed E-state index contributed by atoms with van der Waals surface area (Å²) in [6.45, 7) is 11.9. The minimum absolute atomic E-state index is 0.0174. The van der Waals surface area contributed by atoms with Crippen LogP contribution in [0.15, 0.2) is 67.0 Å². The molecule has 18 atom stereocenters. The number of nitrogens with zero attached hydrogens (tertiary/aromatic N) is 3. The molecule has 27 N–H and O–H groups in total. The first-order valence-electron chi connectivity index (χ1n) is 44.7. The van der Waals surface area contributed by atoms with E-state index in [-0.39, 0.29) is 139 Å². The fourth-order valence-electron chi connectivity index (χ4n) is 14.4. The highest BCUT2D eigenvalue weighted by molar-refractivity contribution is 7.98. The number of H-pyrrole nitrogens is 1. The van der Waals surface area contributed by atoms with E-state index >= 15 is 0 Å². The zero-order valence-electron chi connectivity index (χ0n) is 77.3. The second-order valence-electron chi connectivity index (χ2n) is 34.0. The highest BCUT2D eigenvalue weighted by Crippen LogP contribution is 2.21. The number of benzene rings is 2. The molecule has 2 bridgehead atoms. The maximum atomic E-state index is 15.0. The number of thioether (sulfide) groups is 2. The standard InChI is InChI=1S/C87H137N23O21S2/c1-46(2)37-63(82(126)105-68(45-111)73(90)117)101-84(128)67-41-55-44-110(109-108-55)34-22-19-29-58(76(120)93-48(5)74(118)100-65(39-53-23-13-12-14-24-53)83(127)98-60(78(122)102-67)28-18-21-33-89)96-77(121)59(27-17-20-32-88)97-81(125)64(38-47(3)4)103-85(129)71(50(7)113)106-80(124)62(31-36-133-11)99-79(123)61(30-35-132-10)95-69(116)43-92-75(119)66(40-54-42-91-57-26-16-15-25-56(54)57)104-86(130)72(51(8)114)107-87(131)70(49(6)112)94-52(9)115/h12-16,23-26,42,44,46-51,58-68,70-72,91,111-114H,17-22,27-41,43,45,88-89H2,1-11H3,(H2,90,117)(H,92,119)(H,93,120)(H,94,115)(H,95,116)(H,96,121)(H,97,125)(H,98,127)(H,99,123)(H,100,118)(H,101,128)(H,102,122)(H,103,129)(H,104,130)(H,105,126)(H,106,124)(H,107,131)/t48-,49+,50+,51+,58-,59-,60-,61-,62-,63-,64-,65-,66?,67+,68-,70-,71-,72-/m0/s1. The molecule has 46 heteroatoms. The largest absolute Gasteiger partial charge is 0.394 e. The third kappa shape index (κ3) is 38.6. The van der Waals surface area contributed by atoms with Crippen molar-refractivity contribution in [1.82, 2.24) is 105 Å². The minimum atomic E-state index is -1.81. The number of aliphatic hydroxyl groups is 4. The highest BCUT2D eigenvalue weighted by Gasteiger charge is 2.41. The number of aromatic nitrogens is 4. The fraction of sp³-hybridized carbons (Fsp3) is 0.621. The maximum Gasteiger partial charge on any atom is 0.245 e. The van der Waals surface area contributed by atoms with Gasteiger partial charge in [-0.25, -0.2) is 0 Å². The van der Waals surface area contributed by atoms with E-state index in [0.29, 0.717) is 34.9 Å². The molecule has 0 spiro atoms. The Kier molecular flexibility index (Phi) is 48.8. The van der Waals surface area contributed by atoms with Gasteiger partial charge < -0.3 is 128 Å². The Morgan fingerprint density at radius 2 is 1.05 bits per heavy atom. The quantitative estimate of drug-likeness (QED) is 0.0184. The van der Waals surface area contributed by atoms with Gasteiger partial charge in [-0.15, -0.1) is 5.10 Å². The highest BCUT2D eigenvalue weighted by atomic mass is 32.2. The summed E-state index contributed by atoms with van der Waals surface area (Å²) in [6, 6.07) is -6.81. The van der Waals surface area contributed by atoms with Crippen LogP contribution in [0.25, 0.3) is 10.9 Å². The summed E-state index contributed by atoms with van der Waals surface area (Å²) in [5, 5.41) is 92.7. The first kappa shape index (κ1) is 112. The monoisotopic (exact) mass is 1900 g/mol. The Bertz CT molecular complexity index is 4520. The van der Waals surface area contributed by atoms with Crippen molar-refractivity contribution in [3.63, 3.8) is 0 Å². The van der Waals surface area contributed by atoms with Gasteiger partial charge >= 0.3 is 0 Å². The first-order valence-corrected chi connectivity index (χ1v) is 47.5. The smallest absolute Gasteiger partial charge is 0.245 e. The van der Waals surface area contributed by atoms with Crippen LogP contribution in [0.2, 0.25) is 0 Å². The summed E-state index contributed by atoms with van der Waals surface area (Å²) < 4.78 is 1.42. The van der Waals surface area contributed by atoms with Crippen LogP contribution in [-0.4, -0.2) is 300 Å². The van der Waals surface area contributed by atoms with Gasteiger partial charge in [0.2, 0.25) is 100 Å². The molecule has 2 aromatic heterocycles. The summed E-state index contributed by atoms with van der Waals surface area (Å²) in [5.74, 6) is -15.6. The number of hydrogen-bond donors (Lipinski definition) is 24. The Morgan fingerprint density at radius 1 is 0.541 bits per heavy atom. The van der Waals surface area contributed by atoms with E-state index in [1.807, 2.05) is 0 Å². The van der Waals surface area contributed by atoms with Crippen molar-refractivity contribution in [3.8, 4) is 0 Å². The number of aromatic amines is 1. The van der Waals surface area contributed by atoms with Gasteiger partial charge in [0.05, 0.1) is 37.2 Å². The van der Waals surface area contributed by atoms with E-state index in [4.69, 9.17) is 17.2 Å². The number of amides is 17. The lowest BCUT2D eigenvalue weighted by Gasteiger charge is -2.29. The number of aryl methyl sites for hydroxylation is 1. The molecule has 0 saturated carbocycles. The maximum absolute atomic E-state index is 15.0. The van der Waals surface area contributed by atoms with Gasteiger partial charge in [-0.2, -0.15) is 23.5 Å². The summed E-state index contributed by atoms with van der Waals surface area (Å²) in [6.07, 6.45) is 2.47. The SMILES string of the molecule is CSCC[C@H](NC(=O)CNC(=O)C(Cc1c[nH]c2ccccc12)NC(=O)[C@@H](NC(=O)[C@@H](NC(C)=O)[C@@H](C)O)[C@@H](C)O)C(=O)N[C@@H](CCSC)C(=O)N[C@H](C(=O)N[C@@H](CC(C)C)C(=O)N[C@@H](CCCCN)C(=O)N[C@H]1CCCCn2cc(nn2)C[C@H](C(=O)N[C@@H](CC(C)C)C(=O)N[C@@H](CO)C(N)=O)NC(=O)[C@H](CCCCN)NC(=O)[C@H](Cc2ccccc2)NC(=O)[C@H](C)NC1=O)[C@@H](C)O. The normalized spacial score (nSPS) is 18.8. The molecule has 44 nitrogen and oxygen atoms in total. The molecule has 17 amide bonds. The topological polar surface area (TPSA) is 688 Å². The van der Waals surface area contributed by atoms with Crippen LogP contribution < -0.4 is 102 Å². The van der Waals surface area contributed by atoms with Crippen molar-refractivity contribution in [2.75, 3.05) is 50.3 Å². The average Bonchev–Trinajstić information content (AvgIpc) is 1.62. The summed E-state index contributed by atoms with van der Waals surface area (Å²) in [5.41, 5.74) is 19.2. The van der Waals surface area contributed by atoms with E-state index < -0.39 is 223 Å². The molecule has 0 aliphatic carbocycles. The number of carbonyl (C=O) groups is 17. The van der Waals surface area contributed by atoms with Gasteiger partial charge in [0, 0.05) is 56.0 Å². The van der Waals surface area contributed by atoms with Crippen molar-refractivity contribution in [2.24, 2.45) is 29.0 Å². The molecule has 3 heterocycles. The molecule has 0 fully saturated rings. The van der Waals surface area contributed by atoms with Gasteiger partial charge in [-0.1, -0.05) is 81.4 Å². The van der Waals surface area contributed by atoms with E-state index in [1.165, 1.54) is 62.1 Å². The Labute approximate surface area is 781 Å². The van der Waals surface area contributed by atoms with Crippen LogP contribution in [0.3, 0.4) is 0 Å². The van der Waals surface area contributed by atoms with Crippen molar-refractivity contribution in [2.45, 2.75) is 281 Å². The number of nitrogens with two attached hydrogens (primary N) is 3. The van der Waals surface area contributed by atoms with Gasteiger partial charge in [0.15, 0.2) is 0 Å². The van der Waals surface area contributed by atoms with E-state index in [1.54, 1.807) is 101 Å². The molecule has 5 rings (SSSR count). The Balaban J connectivity index is 1.39. The van der Waals surface area contributed by atoms with Crippen LogP contribution in [0.1, 0.15) is 163 Å². The number of aliphatic hydroxyl groups excluding tert-OH is 4. The zero-order chi connectivity index (χ0) is 98.7. The number of unbranched alkanes of at least 4 members (excludes halogenated alkanes) is 2. The average molecular weight is 1910 g/mol. The fourth-order valence-corrected chi connectivity index (χ4v) is 15.3. The van der Waals surface area contributed by atoms with Crippen molar-refractivity contribution < 1.29 is 102 Å². The molecule has 0 saturated heterocycles. The number of hydrogen-bond acceptors (Lipinski definition) is 27. The number of nitrogens with one attached hydrogen (secondary N) is 17. The molecule has 133 heavy (non-hydrogen) atoms. The third-order valence-electron chi connectivity index (χ3n) is 21.7. The Morgan fingerprint density at radius 3 is 1.63 bits per heavy atom. The van der Waals surface area contributed by atoms with Gasteiger partial charge in [0.25, 0.3) is 0 Å². The molecule has 4 aromatic rings. The lowest BCUT2D eigenvalue weighted by Crippen LogP contribution is -2.62. The number of para-hydroxylation sites is 1. The van der Waals surface area contributed by atoms with Crippen LogP contribution in [0, 0.1) is 11.8 Å². The second kappa shape index (κ2) is 57.9. The molecule has 738 valence electrons. The third-order valence-corrected chi connectivity index (χ3v) is 22.9. The summed E-state index contributed by atoms with van der Waals surface area (Å²) >= 11 is 2.61. The number of carbonyl (C=O) groups excluding carboxylic acids is 17. The lowest BCUT2D eigenvalue weighted by atomic mass is 10.0. The molecule has 1 aliphatic heterocycles. The van der Waals surface area contributed by atoms with Crippen molar-refractivity contribution in [1.29, 1.82) is 0 Å². The van der Waals surface area contributed by atoms with Crippen molar-refractivity contribution in [3.05, 3.63) is 83.8 Å². The number of fused-ring (bicyclic) bond motifs is 3. The molecular weight excluding hydrogens is 1770 g/mol. The van der Waals surface area contributed by atoms with Crippen LogP contribution >= 0.6 is 23.5 Å². The van der Waals surface area contributed by atoms with E-state index in [2.05, 4.69) is 100 Å². The molecular formula is C87H137N23O21S2. The van der Waals surface area contributed by atoms with Crippen LogP contribution in [-0.2, 0) is 107 Å². The second-order valence-corrected chi connectivity index (χ2v) is 35.9. The van der Waals surface area contributed by atoms with Gasteiger partial charge in [0.1, 0.15) is 90.6 Å². The van der Waals surface area contributed by atoms with E-state index in [9.17, 15) is 102 Å². The summed E-state index contributed by atoms with van der Waals surface area (Å²) in [7, 11) is 0.